The van der Waals surface area contributed by atoms with E-state index in [1.807, 2.05) is 44.2 Å². The van der Waals surface area contributed by atoms with E-state index in [9.17, 15) is 9.90 Å². The van der Waals surface area contributed by atoms with Gasteiger partial charge in [0.15, 0.2) is 0 Å². The molecule has 7 nitrogen and oxygen atoms in total. The second-order valence-corrected chi connectivity index (χ2v) is 7.31. The summed E-state index contributed by atoms with van der Waals surface area (Å²) < 4.78 is 1.73. The van der Waals surface area contributed by atoms with E-state index < -0.39 is 5.60 Å². The first-order valence-electron chi connectivity index (χ1n) is 8.98. The van der Waals surface area contributed by atoms with Gasteiger partial charge in [0.1, 0.15) is 17.0 Å². The van der Waals surface area contributed by atoms with Crippen molar-refractivity contribution in [2.24, 2.45) is 0 Å². The monoisotopic (exact) mass is 353 g/mol. The number of carbonyl (C=O) groups excluding carboxylic acids is 1. The van der Waals surface area contributed by atoms with Crippen molar-refractivity contribution in [3.8, 4) is 0 Å². The minimum Gasteiger partial charge on any atom is -0.382 e. The van der Waals surface area contributed by atoms with Gasteiger partial charge in [0, 0.05) is 23.5 Å². The number of hydrogen-bond donors (Lipinski definition) is 2. The summed E-state index contributed by atoms with van der Waals surface area (Å²) in [5.74, 6) is -0.101. The molecular weight excluding hydrogens is 330 g/mol. The summed E-state index contributed by atoms with van der Waals surface area (Å²) in [5.41, 5.74) is 0.845. The number of aromatic nitrogens is 4. The first-order chi connectivity index (χ1) is 12.5. The molecule has 26 heavy (non-hydrogen) atoms. The molecule has 0 unspecified atom stereocenters. The SMILES string of the molecule is CC(C)n1cc([C@]2(O)CCCN(C(=O)c3cc4ccccc4[nH]3)C2)nn1. The van der Waals surface area contributed by atoms with E-state index in [4.69, 9.17) is 0 Å². The Kier molecular flexibility index (Phi) is 4.03. The maximum atomic E-state index is 12.9. The van der Waals surface area contributed by atoms with Crippen LogP contribution in [0.25, 0.3) is 10.9 Å². The summed E-state index contributed by atoms with van der Waals surface area (Å²) in [5, 5.41) is 20.4. The highest BCUT2D eigenvalue weighted by molar-refractivity contribution is 5.98. The lowest BCUT2D eigenvalue weighted by atomic mass is 9.90. The fraction of sp³-hybridized carbons (Fsp3) is 0.421. The van der Waals surface area contributed by atoms with E-state index in [1.54, 1.807) is 15.8 Å². The minimum atomic E-state index is -1.16. The number of amides is 1. The molecule has 3 aromatic rings. The van der Waals surface area contributed by atoms with Crippen LogP contribution in [-0.2, 0) is 5.60 Å². The Morgan fingerprint density at radius 2 is 2.15 bits per heavy atom. The van der Waals surface area contributed by atoms with Gasteiger partial charge in [-0.15, -0.1) is 5.10 Å². The van der Waals surface area contributed by atoms with Crippen LogP contribution in [0.5, 0.6) is 0 Å². The van der Waals surface area contributed by atoms with Crippen LogP contribution in [0.3, 0.4) is 0 Å². The highest BCUT2D eigenvalue weighted by Crippen LogP contribution is 2.31. The quantitative estimate of drug-likeness (QED) is 0.757. The molecule has 1 saturated heterocycles. The third-order valence-electron chi connectivity index (χ3n) is 5.03. The van der Waals surface area contributed by atoms with E-state index in [2.05, 4.69) is 15.3 Å². The van der Waals surface area contributed by atoms with Crippen LogP contribution in [0.2, 0.25) is 0 Å². The molecule has 1 fully saturated rings. The molecule has 1 aliphatic heterocycles. The Bertz CT molecular complexity index is 911. The number of piperidine rings is 1. The summed E-state index contributed by atoms with van der Waals surface area (Å²) in [7, 11) is 0. The molecule has 0 radical (unpaired) electrons. The lowest BCUT2D eigenvalue weighted by molar-refractivity contribution is -0.0322. The largest absolute Gasteiger partial charge is 0.382 e. The Balaban J connectivity index is 1.58. The van der Waals surface area contributed by atoms with Crippen LogP contribution in [0.4, 0.5) is 0 Å². The molecule has 0 aliphatic carbocycles. The zero-order valence-electron chi connectivity index (χ0n) is 15.0. The van der Waals surface area contributed by atoms with Crippen molar-refractivity contribution < 1.29 is 9.90 Å². The van der Waals surface area contributed by atoms with Gasteiger partial charge in [-0.25, -0.2) is 4.68 Å². The number of aliphatic hydroxyl groups is 1. The number of H-pyrrole nitrogens is 1. The van der Waals surface area contributed by atoms with Crippen LogP contribution in [-0.4, -0.2) is 49.0 Å². The smallest absolute Gasteiger partial charge is 0.270 e. The van der Waals surface area contributed by atoms with Crippen LogP contribution in [0, 0.1) is 0 Å². The number of nitrogens with one attached hydrogen (secondary N) is 1. The molecule has 2 N–H and O–H groups in total. The number of fused-ring (bicyclic) bond motifs is 1. The Morgan fingerprint density at radius 3 is 2.88 bits per heavy atom. The molecule has 3 heterocycles. The number of carbonyl (C=O) groups is 1. The summed E-state index contributed by atoms with van der Waals surface area (Å²) in [6, 6.07) is 9.84. The first kappa shape index (κ1) is 16.8. The molecule has 4 rings (SSSR count). The van der Waals surface area contributed by atoms with E-state index in [-0.39, 0.29) is 18.5 Å². The van der Waals surface area contributed by atoms with Gasteiger partial charge in [0.25, 0.3) is 5.91 Å². The Hall–Kier alpha value is -2.67. The van der Waals surface area contributed by atoms with Crippen LogP contribution >= 0.6 is 0 Å². The number of para-hydroxylation sites is 1. The van der Waals surface area contributed by atoms with E-state index in [1.165, 1.54) is 0 Å². The molecule has 1 aliphatic rings. The van der Waals surface area contributed by atoms with Gasteiger partial charge in [-0.2, -0.15) is 0 Å². The average Bonchev–Trinajstić information content (AvgIpc) is 3.28. The molecule has 0 saturated carbocycles. The van der Waals surface area contributed by atoms with Gasteiger partial charge in [-0.3, -0.25) is 4.79 Å². The predicted octanol–water partition coefficient (Wildman–Crippen LogP) is 2.46. The molecule has 7 heteroatoms. The Labute approximate surface area is 151 Å². The number of likely N-dealkylation sites (tertiary alicyclic amines) is 1. The van der Waals surface area contributed by atoms with Gasteiger partial charge in [0.2, 0.25) is 0 Å². The molecule has 0 bridgehead atoms. The molecule has 1 atom stereocenters. The van der Waals surface area contributed by atoms with Gasteiger partial charge in [-0.1, -0.05) is 23.4 Å². The van der Waals surface area contributed by atoms with E-state index >= 15 is 0 Å². The van der Waals surface area contributed by atoms with Crippen LogP contribution in [0.15, 0.2) is 36.5 Å². The second kappa shape index (κ2) is 6.25. The standard InChI is InChI=1S/C19H23N5O2/c1-13(2)24-11-17(21-22-24)19(26)8-5-9-23(12-19)18(25)16-10-14-6-3-4-7-15(14)20-16/h3-4,6-7,10-11,13,20,26H,5,8-9,12H2,1-2H3/t19-/m0/s1. The lowest BCUT2D eigenvalue weighted by Crippen LogP contribution is -2.48. The third-order valence-corrected chi connectivity index (χ3v) is 5.03. The summed E-state index contributed by atoms with van der Waals surface area (Å²) in [4.78, 5) is 17.8. The highest BCUT2D eigenvalue weighted by Gasteiger charge is 2.39. The molecule has 1 aromatic carbocycles. The number of hydrogen-bond acceptors (Lipinski definition) is 4. The zero-order valence-corrected chi connectivity index (χ0v) is 15.0. The number of β-amino-alcohol motifs (C(OH)–C–C–N with tert-alkyl or cyclic N) is 1. The number of rotatable bonds is 3. The summed E-state index contributed by atoms with van der Waals surface area (Å²) in [6.07, 6.45) is 3.07. The number of aromatic amines is 1. The van der Waals surface area contributed by atoms with Crippen molar-refractivity contribution in [2.75, 3.05) is 13.1 Å². The molecular formula is C19H23N5O2. The van der Waals surface area contributed by atoms with Crippen molar-refractivity contribution in [1.82, 2.24) is 24.9 Å². The maximum Gasteiger partial charge on any atom is 0.270 e. The normalized spacial score (nSPS) is 20.8. The van der Waals surface area contributed by atoms with E-state index in [0.29, 0.717) is 24.4 Å². The minimum absolute atomic E-state index is 0.101. The topological polar surface area (TPSA) is 87.0 Å². The Morgan fingerprint density at radius 1 is 1.35 bits per heavy atom. The van der Waals surface area contributed by atoms with Crippen molar-refractivity contribution in [2.45, 2.75) is 38.3 Å². The second-order valence-electron chi connectivity index (χ2n) is 7.31. The van der Waals surface area contributed by atoms with E-state index in [0.717, 1.165) is 17.3 Å². The van der Waals surface area contributed by atoms with Crippen LogP contribution in [0.1, 0.15) is 48.9 Å². The number of benzene rings is 1. The molecule has 0 spiro atoms. The van der Waals surface area contributed by atoms with Gasteiger partial charge in [-0.05, 0) is 38.8 Å². The van der Waals surface area contributed by atoms with Gasteiger partial charge in [0.05, 0.1) is 12.7 Å². The lowest BCUT2D eigenvalue weighted by Gasteiger charge is -2.37. The first-order valence-corrected chi connectivity index (χ1v) is 8.98. The van der Waals surface area contributed by atoms with Gasteiger partial charge >= 0.3 is 0 Å². The molecule has 2 aromatic heterocycles. The number of nitrogens with zero attached hydrogens (tertiary/aromatic N) is 4. The van der Waals surface area contributed by atoms with Crippen molar-refractivity contribution >= 4 is 16.8 Å². The highest BCUT2D eigenvalue weighted by atomic mass is 16.3. The van der Waals surface area contributed by atoms with Crippen molar-refractivity contribution in [1.29, 1.82) is 0 Å². The van der Waals surface area contributed by atoms with Gasteiger partial charge < -0.3 is 15.0 Å². The third kappa shape index (κ3) is 2.88. The maximum absolute atomic E-state index is 12.9. The molecule has 136 valence electrons. The predicted molar refractivity (Wildman–Crippen MR) is 97.7 cm³/mol. The van der Waals surface area contributed by atoms with Crippen LogP contribution < -0.4 is 0 Å². The summed E-state index contributed by atoms with van der Waals surface area (Å²) in [6.45, 7) is 4.86. The fourth-order valence-corrected chi connectivity index (χ4v) is 3.52. The average molecular weight is 353 g/mol. The fourth-order valence-electron chi connectivity index (χ4n) is 3.52. The summed E-state index contributed by atoms with van der Waals surface area (Å²) >= 11 is 0. The molecule has 1 amide bonds. The van der Waals surface area contributed by atoms with Crippen molar-refractivity contribution in [3.63, 3.8) is 0 Å². The van der Waals surface area contributed by atoms with Crippen molar-refractivity contribution in [3.05, 3.63) is 47.9 Å². The zero-order chi connectivity index (χ0) is 18.3.